The molecule has 76 valence electrons. The maximum Gasteiger partial charge on any atom is 0.327 e. The van der Waals surface area contributed by atoms with E-state index in [0.717, 1.165) is 19.4 Å². The van der Waals surface area contributed by atoms with Gasteiger partial charge in [-0.2, -0.15) is 0 Å². The van der Waals surface area contributed by atoms with Crippen molar-refractivity contribution in [2.24, 2.45) is 0 Å². The van der Waals surface area contributed by atoms with Crippen LogP contribution in [0.1, 0.15) is 12.8 Å². The number of hydrogen-bond donors (Lipinski definition) is 0. The predicted molar refractivity (Wildman–Crippen MR) is 51.1 cm³/mol. The van der Waals surface area contributed by atoms with E-state index in [1.165, 1.54) is 7.11 Å². The molecule has 4 nitrogen and oxygen atoms in total. The molecule has 0 aromatic carbocycles. The molecule has 3 atom stereocenters. The van der Waals surface area contributed by atoms with Gasteiger partial charge < -0.3 is 18.3 Å². The molecule has 2 fully saturated rings. The summed E-state index contributed by atoms with van der Waals surface area (Å²) in [6.07, 6.45) is 2.16. The molecular formula is C7H13O4PS. The molecule has 0 aromatic rings. The fraction of sp³-hybridized carbons (Fsp3) is 1.00. The first-order chi connectivity index (χ1) is 6.23. The van der Waals surface area contributed by atoms with Crippen LogP contribution in [0.5, 0.6) is 0 Å². The molecule has 3 unspecified atom stereocenters. The lowest BCUT2D eigenvalue weighted by atomic mass is 10.1. The van der Waals surface area contributed by atoms with E-state index < -0.39 is 6.72 Å². The van der Waals surface area contributed by atoms with E-state index in [1.807, 2.05) is 0 Å². The van der Waals surface area contributed by atoms with Crippen LogP contribution in [0.4, 0.5) is 0 Å². The molecular weight excluding hydrogens is 211 g/mol. The van der Waals surface area contributed by atoms with Crippen molar-refractivity contribution in [2.75, 3.05) is 20.3 Å². The van der Waals surface area contributed by atoms with Crippen molar-refractivity contribution in [3.05, 3.63) is 0 Å². The second-order valence-corrected chi connectivity index (χ2v) is 6.19. The Balaban J connectivity index is 2.02. The first kappa shape index (κ1) is 10.0. The summed E-state index contributed by atoms with van der Waals surface area (Å²) >= 11 is 5.11. The lowest BCUT2D eigenvalue weighted by Gasteiger charge is -2.39. The van der Waals surface area contributed by atoms with Crippen LogP contribution in [0, 0.1) is 0 Å². The van der Waals surface area contributed by atoms with Crippen LogP contribution in [0.3, 0.4) is 0 Å². The van der Waals surface area contributed by atoms with Crippen LogP contribution < -0.4 is 0 Å². The van der Waals surface area contributed by atoms with Gasteiger partial charge in [-0.3, -0.25) is 0 Å². The second-order valence-electron chi connectivity index (χ2n) is 3.12. The van der Waals surface area contributed by atoms with Gasteiger partial charge in [0.25, 0.3) is 0 Å². The van der Waals surface area contributed by atoms with Gasteiger partial charge in [-0.15, -0.1) is 0 Å². The van der Waals surface area contributed by atoms with E-state index in [4.69, 9.17) is 30.1 Å². The van der Waals surface area contributed by atoms with Crippen molar-refractivity contribution in [2.45, 2.75) is 25.0 Å². The first-order valence-corrected chi connectivity index (χ1v) is 6.89. The molecule has 0 saturated carbocycles. The van der Waals surface area contributed by atoms with Gasteiger partial charge in [-0.25, -0.2) is 0 Å². The SMILES string of the molecule is COP1(=S)OCC2OCCCC2O1. The van der Waals surface area contributed by atoms with Crippen LogP contribution in [-0.4, -0.2) is 32.5 Å². The highest BCUT2D eigenvalue weighted by Gasteiger charge is 2.38. The highest BCUT2D eigenvalue weighted by molar-refractivity contribution is 8.07. The molecule has 0 bridgehead atoms. The third kappa shape index (κ3) is 2.12. The lowest BCUT2D eigenvalue weighted by molar-refractivity contribution is -0.111. The second kappa shape index (κ2) is 3.93. The molecule has 0 amide bonds. The maximum atomic E-state index is 5.58. The average Bonchev–Trinajstić information content (AvgIpc) is 2.18. The number of hydrogen-bond acceptors (Lipinski definition) is 5. The van der Waals surface area contributed by atoms with E-state index in [-0.39, 0.29) is 12.2 Å². The summed E-state index contributed by atoms with van der Waals surface area (Å²) in [5.74, 6) is 0. The molecule has 0 spiro atoms. The Hall–Kier alpha value is 0.490. The number of rotatable bonds is 1. The average molecular weight is 224 g/mol. The van der Waals surface area contributed by atoms with Crippen LogP contribution in [-0.2, 0) is 30.1 Å². The molecule has 2 aliphatic heterocycles. The van der Waals surface area contributed by atoms with Crippen molar-refractivity contribution < 1.29 is 18.3 Å². The molecule has 0 radical (unpaired) electrons. The van der Waals surface area contributed by atoms with Gasteiger partial charge in [0.1, 0.15) is 6.10 Å². The van der Waals surface area contributed by atoms with Gasteiger partial charge in [0.2, 0.25) is 0 Å². The van der Waals surface area contributed by atoms with Gasteiger partial charge in [-0.1, -0.05) is 0 Å². The van der Waals surface area contributed by atoms with Crippen molar-refractivity contribution in [1.29, 1.82) is 0 Å². The van der Waals surface area contributed by atoms with E-state index in [2.05, 4.69) is 0 Å². The van der Waals surface area contributed by atoms with Crippen molar-refractivity contribution in [3.8, 4) is 0 Å². The third-order valence-electron chi connectivity index (χ3n) is 2.26. The standard InChI is InChI=1S/C7H13O4PS/c1-8-12(13)10-5-7-6(11-12)3-2-4-9-7/h6-7H,2-5H2,1H3. The quantitative estimate of drug-likeness (QED) is 0.630. The summed E-state index contributed by atoms with van der Waals surface area (Å²) in [4.78, 5) is 0. The lowest BCUT2D eigenvalue weighted by Crippen LogP contribution is -2.42. The highest BCUT2D eigenvalue weighted by atomic mass is 32.5. The van der Waals surface area contributed by atoms with Crippen LogP contribution in [0.25, 0.3) is 0 Å². The molecule has 2 aliphatic rings. The smallest absolute Gasteiger partial charge is 0.327 e. The summed E-state index contributed by atoms with van der Waals surface area (Å²) < 4.78 is 21.5. The normalized spacial score (nSPS) is 45.6. The fourth-order valence-electron chi connectivity index (χ4n) is 1.55. The zero-order valence-corrected chi connectivity index (χ0v) is 9.18. The molecule has 0 aromatic heterocycles. The monoisotopic (exact) mass is 224 g/mol. The number of fused-ring (bicyclic) bond motifs is 1. The summed E-state index contributed by atoms with van der Waals surface area (Å²) in [6.45, 7) is -1.13. The van der Waals surface area contributed by atoms with Crippen LogP contribution >= 0.6 is 6.72 Å². The summed E-state index contributed by atoms with van der Waals surface area (Å²) in [5.41, 5.74) is 0. The minimum absolute atomic E-state index is 0.0555. The summed E-state index contributed by atoms with van der Waals surface area (Å²) in [6, 6.07) is 0. The van der Waals surface area contributed by atoms with Gasteiger partial charge in [0, 0.05) is 13.7 Å². The molecule has 0 aliphatic carbocycles. The Bertz CT molecular complexity index is 235. The zero-order chi connectivity index (χ0) is 9.31. The van der Waals surface area contributed by atoms with Gasteiger partial charge in [0.05, 0.1) is 12.7 Å². The minimum Gasteiger partial charge on any atom is -0.373 e. The Morgan fingerprint density at radius 3 is 3.08 bits per heavy atom. The number of ether oxygens (including phenoxy) is 1. The summed E-state index contributed by atoms with van der Waals surface area (Å²) in [7, 11) is 1.53. The Morgan fingerprint density at radius 2 is 2.31 bits per heavy atom. The molecule has 2 heterocycles. The van der Waals surface area contributed by atoms with Gasteiger partial charge in [-0.05, 0) is 24.6 Å². The molecule has 0 N–H and O–H groups in total. The maximum absolute atomic E-state index is 5.58. The van der Waals surface area contributed by atoms with Crippen molar-refractivity contribution >= 4 is 18.5 Å². The Kier molecular flexibility index (Phi) is 3.03. The minimum atomic E-state index is -2.43. The molecule has 2 rings (SSSR count). The third-order valence-corrected chi connectivity index (χ3v) is 4.73. The Labute approximate surface area is 82.8 Å². The van der Waals surface area contributed by atoms with E-state index in [9.17, 15) is 0 Å². The molecule has 6 heteroatoms. The van der Waals surface area contributed by atoms with Crippen molar-refractivity contribution in [3.63, 3.8) is 0 Å². The van der Waals surface area contributed by atoms with Crippen LogP contribution in [0.15, 0.2) is 0 Å². The van der Waals surface area contributed by atoms with Crippen LogP contribution in [0.2, 0.25) is 0 Å². The van der Waals surface area contributed by atoms with Crippen molar-refractivity contribution in [1.82, 2.24) is 0 Å². The molecule has 13 heavy (non-hydrogen) atoms. The topological polar surface area (TPSA) is 36.9 Å². The zero-order valence-electron chi connectivity index (χ0n) is 7.47. The predicted octanol–water partition coefficient (Wildman–Crippen LogP) is 1.45. The van der Waals surface area contributed by atoms with Gasteiger partial charge in [0.15, 0.2) is 0 Å². The van der Waals surface area contributed by atoms with E-state index in [0.29, 0.717) is 6.61 Å². The first-order valence-electron chi connectivity index (χ1n) is 4.34. The van der Waals surface area contributed by atoms with Gasteiger partial charge >= 0.3 is 6.72 Å². The highest BCUT2D eigenvalue weighted by Crippen LogP contribution is 2.54. The van der Waals surface area contributed by atoms with E-state index >= 15 is 0 Å². The largest absolute Gasteiger partial charge is 0.373 e. The van der Waals surface area contributed by atoms with E-state index in [1.54, 1.807) is 0 Å². The Morgan fingerprint density at radius 1 is 1.46 bits per heavy atom. The summed E-state index contributed by atoms with van der Waals surface area (Å²) in [5, 5.41) is 0. The fourth-order valence-corrected chi connectivity index (χ4v) is 3.21. The molecule has 2 saturated heterocycles.